The van der Waals surface area contributed by atoms with Crippen molar-refractivity contribution in [3.05, 3.63) is 35.4 Å². The van der Waals surface area contributed by atoms with Crippen molar-refractivity contribution in [2.45, 2.75) is 46.1 Å². The van der Waals surface area contributed by atoms with Crippen molar-refractivity contribution >= 4 is 29.9 Å². The van der Waals surface area contributed by atoms with Gasteiger partial charge < -0.3 is 15.0 Å². The van der Waals surface area contributed by atoms with Crippen LogP contribution in [0.2, 0.25) is 0 Å². The van der Waals surface area contributed by atoms with Gasteiger partial charge in [-0.05, 0) is 29.9 Å². The van der Waals surface area contributed by atoms with E-state index >= 15 is 0 Å². The van der Waals surface area contributed by atoms with Gasteiger partial charge in [-0.25, -0.2) is 4.99 Å². The molecule has 1 atom stereocenters. The van der Waals surface area contributed by atoms with Crippen LogP contribution in [0.4, 0.5) is 0 Å². The first-order valence-electron chi connectivity index (χ1n) is 9.05. The summed E-state index contributed by atoms with van der Waals surface area (Å²) >= 11 is 0. The molecule has 1 aliphatic heterocycles. The Kier molecular flexibility index (Phi) is 9.21. The highest BCUT2D eigenvalue weighted by molar-refractivity contribution is 14.0. The third kappa shape index (κ3) is 6.77. The Bertz CT molecular complexity index is 537. The molecule has 1 aromatic carbocycles. The van der Waals surface area contributed by atoms with Crippen LogP contribution in [-0.4, -0.2) is 44.2 Å². The molecule has 1 fully saturated rings. The van der Waals surface area contributed by atoms with Gasteiger partial charge >= 0.3 is 0 Å². The minimum absolute atomic E-state index is 0. The number of rotatable bonds is 5. The molecule has 0 aromatic heterocycles. The Morgan fingerprint density at radius 2 is 1.96 bits per heavy atom. The zero-order valence-electron chi connectivity index (χ0n) is 16.3. The van der Waals surface area contributed by atoms with Gasteiger partial charge in [0.05, 0.1) is 13.2 Å². The Morgan fingerprint density at radius 3 is 2.52 bits per heavy atom. The maximum atomic E-state index is 5.29. The summed E-state index contributed by atoms with van der Waals surface area (Å²) in [5, 5.41) is 3.43. The normalized spacial score (nSPS) is 18.2. The zero-order valence-corrected chi connectivity index (χ0v) is 18.7. The number of likely N-dealkylation sites (tertiary alicyclic amines) is 1. The Balaban J connectivity index is 0.00000312. The first kappa shape index (κ1) is 22.2. The van der Waals surface area contributed by atoms with Gasteiger partial charge in [-0.1, -0.05) is 45.0 Å². The summed E-state index contributed by atoms with van der Waals surface area (Å²) in [5.74, 6) is 1.64. The molecule has 2 rings (SSSR count). The molecule has 1 aromatic rings. The van der Waals surface area contributed by atoms with Gasteiger partial charge in [-0.3, -0.25) is 0 Å². The molecule has 1 heterocycles. The van der Waals surface area contributed by atoms with E-state index in [2.05, 4.69) is 62.2 Å². The number of ether oxygens (including phenoxy) is 1. The molecule has 1 aliphatic rings. The molecule has 0 amide bonds. The van der Waals surface area contributed by atoms with E-state index in [1.165, 1.54) is 17.5 Å². The molecule has 0 radical (unpaired) electrons. The maximum Gasteiger partial charge on any atom is 0.194 e. The monoisotopic (exact) mass is 459 g/mol. The lowest BCUT2D eigenvalue weighted by Gasteiger charge is -2.22. The molecule has 25 heavy (non-hydrogen) atoms. The van der Waals surface area contributed by atoms with E-state index < -0.39 is 0 Å². The number of benzene rings is 1. The molecule has 0 aliphatic carbocycles. The summed E-state index contributed by atoms with van der Waals surface area (Å²) in [5.41, 5.74) is 2.82. The van der Waals surface area contributed by atoms with Gasteiger partial charge in [-0.15, -0.1) is 24.0 Å². The van der Waals surface area contributed by atoms with Crippen LogP contribution in [0.5, 0.6) is 0 Å². The number of methoxy groups -OCH3 is 1. The van der Waals surface area contributed by atoms with E-state index in [1.807, 2.05) is 0 Å². The summed E-state index contributed by atoms with van der Waals surface area (Å²) in [6.07, 6.45) is 1.18. The fourth-order valence-electron chi connectivity index (χ4n) is 3.10. The fraction of sp³-hybridized carbons (Fsp3) is 0.650. The van der Waals surface area contributed by atoms with E-state index in [0.717, 1.165) is 38.7 Å². The van der Waals surface area contributed by atoms with Gasteiger partial charge in [-0.2, -0.15) is 0 Å². The van der Waals surface area contributed by atoms with Crippen molar-refractivity contribution in [1.82, 2.24) is 10.2 Å². The summed E-state index contributed by atoms with van der Waals surface area (Å²) in [4.78, 5) is 7.20. The average Bonchev–Trinajstić information content (AvgIpc) is 3.00. The van der Waals surface area contributed by atoms with Crippen molar-refractivity contribution in [3.63, 3.8) is 0 Å². The lowest BCUT2D eigenvalue weighted by molar-refractivity contribution is 0.157. The van der Waals surface area contributed by atoms with E-state index in [-0.39, 0.29) is 29.4 Å². The van der Waals surface area contributed by atoms with E-state index in [9.17, 15) is 0 Å². The fourth-order valence-corrected chi connectivity index (χ4v) is 3.10. The average molecular weight is 459 g/mol. The molecule has 0 bridgehead atoms. The molecule has 1 unspecified atom stereocenters. The zero-order chi connectivity index (χ0) is 17.6. The minimum atomic E-state index is 0. The number of nitrogens with zero attached hydrogens (tertiary/aromatic N) is 2. The van der Waals surface area contributed by atoms with Crippen molar-refractivity contribution in [3.8, 4) is 0 Å². The van der Waals surface area contributed by atoms with Crippen LogP contribution in [0, 0.1) is 5.92 Å². The molecule has 1 saturated heterocycles. The van der Waals surface area contributed by atoms with Gasteiger partial charge in [0.2, 0.25) is 0 Å². The summed E-state index contributed by atoms with van der Waals surface area (Å²) < 4.78 is 5.29. The van der Waals surface area contributed by atoms with Crippen LogP contribution < -0.4 is 5.32 Å². The third-order valence-corrected chi connectivity index (χ3v) is 4.55. The molecule has 0 saturated carbocycles. The predicted octanol–water partition coefficient (Wildman–Crippen LogP) is 4.04. The van der Waals surface area contributed by atoms with E-state index in [1.54, 1.807) is 7.11 Å². The van der Waals surface area contributed by atoms with Crippen molar-refractivity contribution < 1.29 is 4.74 Å². The molecule has 142 valence electrons. The number of halogens is 1. The second-order valence-corrected chi connectivity index (χ2v) is 7.67. The second-order valence-electron chi connectivity index (χ2n) is 7.67. The van der Waals surface area contributed by atoms with Crippen molar-refractivity contribution in [2.75, 3.05) is 33.4 Å². The topological polar surface area (TPSA) is 36.9 Å². The van der Waals surface area contributed by atoms with Crippen molar-refractivity contribution in [2.24, 2.45) is 10.9 Å². The quantitative estimate of drug-likeness (QED) is 0.411. The van der Waals surface area contributed by atoms with Crippen LogP contribution in [-0.2, 0) is 16.7 Å². The number of hydrogen-bond donors (Lipinski definition) is 1. The SMILES string of the molecule is CCNC(=NCc1ccc(C(C)(C)C)cc1)N1CCC(COC)C1.I. The largest absolute Gasteiger partial charge is 0.384 e. The maximum absolute atomic E-state index is 5.29. The van der Waals surface area contributed by atoms with Crippen LogP contribution in [0.25, 0.3) is 0 Å². The number of guanidine groups is 1. The molecule has 1 N–H and O–H groups in total. The van der Waals surface area contributed by atoms with Crippen LogP contribution >= 0.6 is 24.0 Å². The summed E-state index contributed by atoms with van der Waals surface area (Å²) in [6, 6.07) is 8.85. The van der Waals surface area contributed by atoms with Crippen LogP contribution in [0.1, 0.15) is 45.2 Å². The molecule has 5 heteroatoms. The highest BCUT2D eigenvalue weighted by Crippen LogP contribution is 2.22. The van der Waals surface area contributed by atoms with Crippen LogP contribution in [0.3, 0.4) is 0 Å². The number of nitrogens with one attached hydrogen (secondary N) is 1. The smallest absolute Gasteiger partial charge is 0.194 e. The lowest BCUT2D eigenvalue weighted by Crippen LogP contribution is -2.40. The van der Waals surface area contributed by atoms with E-state index in [4.69, 9.17) is 9.73 Å². The number of hydrogen-bond acceptors (Lipinski definition) is 2. The Labute approximate surface area is 170 Å². The van der Waals surface area contributed by atoms with E-state index in [0.29, 0.717) is 5.92 Å². The van der Waals surface area contributed by atoms with Gasteiger partial charge in [0.1, 0.15) is 0 Å². The summed E-state index contributed by atoms with van der Waals surface area (Å²) in [7, 11) is 1.78. The predicted molar refractivity (Wildman–Crippen MR) is 117 cm³/mol. The molecular formula is C20H34IN3O. The lowest BCUT2D eigenvalue weighted by atomic mass is 9.87. The summed E-state index contributed by atoms with van der Waals surface area (Å²) in [6.45, 7) is 13.4. The molecule has 0 spiro atoms. The highest BCUT2D eigenvalue weighted by atomic mass is 127. The Morgan fingerprint density at radius 1 is 1.28 bits per heavy atom. The molecular weight excluding hydrogens is 425 g/mol. The Hall–Kier alpha value is -0.820. The van der Waals surface area contributed by atoms with Crippen molar-refractivity contribution in [1.29, 1.82) is 0 Å². The molecule has 4 nitrogen and oxygen atoms in total. The van der Waals surface area contributed by atoms with Gasteiger partial charge in [0.25, 0.3) is 0 Å². The van der Waals surface area contributed by atoms with Crippen LogP contribution in [0.15, 0.2) is 29.3 Å². The van der Waals surface area contributed by atoms with Gasteiger partial charge in [0.15, 0.2) is 5.96 Å². The minimum Gasteiger partial charge on any atom is -0.384 e. The third-order valence-electron chi connectivity index (χ3n) is 4.55. The highest BCUT2D eigenvalue weighted by Gasteiger charge is 2.24. The second kappa shape index (κ2) is 10.4. The first-order chi connectivity index (χ1) is 11.4. The van der Waals surface area contributed by atoms with Gasteiger partial charge in [0, 0.05) is 32.7 Å². The standard InChI is InChI=1S/C20H33N3O.HI/c1-6-21-19(23-12-11-17(14-23)15-24-5)22-13-16-7-9-18(10-8-16)20(2,3)4;/h7-10,17H,6,11-15H2,1-5H3,(H,21,22);1H. The first-order valence-corrected chi connectivity index (χ1v) is 9.05. The number of aliphatic imine (C=N–C) groups is 1.